The van der Waals surface area contributed by atoms with E-state index in [9.17, 15) is 14.4 Å². The van der Waals surface area contributed by atoms with Crippen molar-refractivity contribution < 1.29 is 23.9 Å². The van der Waals surface area contributed by atoms with Crippen molar-refractivity contribution in [2.45, 2.75) is 58.6 Å². The van der Waals surface area contributed by atoms with Crippen molar-refractivity contribution in [3.63, 3.8) is 0 Å². The highest BCUT2D eigenvalue weighted by Crippen LogP contribution is 2.45. The van der Waals surface area contributed by atoms with E-state index in [2.05, 4.69) is 10.2 Å². The molecule has 1 fully saturated rings. The van der Waals surface area contributed by atoms with Gasteiger partial charge in [-0.15, -0.1) is 11.3 Å². The van der Waals surface area contributed by atoms with E-state index >= 15 is 0 Å². The molecule has 0 aromatic carbocycles. The van der Waals surface area contributed by atoms with Crippen LogP contribution in [0.5, 0.6) is 0 Å². The summed E-state index contributed by atoms with van der Waals surface area (Å²) in [5, 5.41) is 2.97. The molecule has 8 heteroatoms. The zero-order valence-corrected chi connectivity index (χ0v) is 17.0. The van der Waals surface area contributed by atoms with Crippen molar-refractivity contribution >= 4 is 34.2 Å². The zero-order chi connectivity index (χ0) is 19.8. The van der Waals surface area contributed by atoms with Gasteiger partial charge in [0.15, 0.2) is 0 Å². The van der Waals surface area contributed by atoms with Crippen LogP contribution in [-0.4, -0.2) is 48.0 Å². The van der Waals surface area contributed by atoms with E-state index in [-0.39, 0.29) is 12.5 Å². The van der Waals surface area contributed by atoms with E-state index in [4.69, 9.17) is 9.47 Å². The van der Waals surface area contributed by atoms with Gasteiger partial charge in [-0.25, -0.2) is 9.59 Å². The molecule has 2 aliphatic rings. The second-order valence-corrected chi connectivity index (χ2v) is 9.00. The first-order valence-corrected chi connectivity index (χ1v) is 10.1. The molecule has 0 radical (unpaired) electrons. The molecule has 2 unspecified atom stereocenters. The van der Waals surface area contributed by atoms with Gasteiger partial charge in [-0.1, -0.05) is 0 Å². The highest BCUT2D eigenvalue weighted by Gasteiger charge is 2.37. The Labute approximate surface area is 163 Å². The standard InChI is InChI=1S/C19H26N2O5S/c1-5-25-17(23)14-13-11-7-6-8-21(9-11)10-12(13)27-16(14)20-15(22)18(24)26-19(2,3)4/h11H,5-10H2,1-4H3,(H,20,22). The number of nitrogens with one attached hydrogen (secondary N) is 1. The molecular formula is C19H26N2O5S. The summed E-state index contributed by atoms with van der Waals surface area (Å²) in [6, 6.07) is 0. The van der Waals surface area contributed by atoms with Crippen LogP contribution in [0.25, 0.3) is 0 Å². The lowest BCUT2D eigenvalue weighted by Gasteiger charge is -2.37. The van der Waals surface area contributed by atoms with Crippen LogP contribution in [0.3, 0.4) is 0 Å². The number of rotatable bonds is 3. The van der Waals surface area contributed by atoms with Gasteiger partial charge in [0.1, 0.15) is 10.6 Å². The number of carbonyl (C=O) groups excluding carboxylic acids is 3. The van der Waals surface area contributed by atoms with Gasteiger partial charge in [0.2, 0.25) is 0 Å². The fourth-order valence-corrected chi connectivity index (χ4v) is 4.96. The summed E-state index contributed by atoms with van der Waals surface area (Å²) in [6.07, 6.45) is 2.09. The Hall–Kier alpha value is -1.93. The molecule has 1 aromatic rings. The van der Waals surface area contributed by atoms with Crippen LogP contribution in [-0.2, 0) is 25.6 Å². The van der Waals surface area contributed by atoms with E-state index < -0.39 is 23.4 Å². The van der Waals surface area contributed by atoms with Crippen molar-refractivity contribution in [2.24, 2.45) is 0 Å². The first-order valence-electron chi connectivity index (χ1n) is 9.29. The van der Waals surface area contributed by atoms with Crippen molar-refractivity contribution in [2.75, 3.05) is 25.0 Å². The molecule has 2 bridgehead atoms. The van der Waals surface area contributed by atoms with Crippen molar-refractivity contribution in [1.82, 2.24) is 4.90 Å². The van der Waals surface area contributed by atoms with Crippen LogP contribution >= 0.6 is 11.3 Å². The molecule has 7 nitrogen and oxygen atoms in total. The number of fused-ring (bicyclic) bond motifs is 4. The van der Waals surface area contributed by atoms with E-state index in [0.717, 1.165) is 42.9 Å². The van der Waals surface area contributed by atoms with E-state index in [1.54, 1.807) is 27.7 Å². The molecule has 148 valence electrons. The molecule has 2 atom stereocenters. The molecule has 0 saturated carbocycles. The topological polar surface area (TPSA) is 84.9 Å². The summed E-state index contributed by atoms with van der Waals surface area (Å²) >= 11 is 1.35. The molecule has 1 N–H and O–H groups in total. The maximum atomic E-state index is 12.6. The molecule has 1 amide bonds. The minimum Gasteiger partial charge on any atom is -0.462 e. The predicted molar refractivity (Wildman–Crippen MR) is 102 cm³/mol. The van der Waals surface area contributed by atoms with Crippen molar-refractivity contribution in [3.05, 3.63) is 16.0 Å². The molecule has 1 saturated heterocycles. The number of carbonyl (C=O) groups is 3. The number of esters is 2. The summed E-state index contributed by atoms with van der Waals surface area (Å²) in [4.78, 5) is 40.4. The molecule has 3 heterocycles. The third-order valence-electron chi connectivity index (χ3n) is 4.59. The van der Waals surface area contributed by atoms with Gasteiger partial charge in [0, 0.05) is 18.0 Å². The third-order valence-corrected chi connectivity index (χ3v) is 5.70. The molecule has 0 spiro atoms. The predicted octanol–water partition coefficient (Wildman–Crippen LogP) is 2.90. The number of hydrogen-bond donors (Lipinski definition) is 1. The van der Waals surface area contributed by atoms with E-state index in [1.807, 2.05) is 0 Å². The summed E-state index contributed by atoms with van der Waals surface area (Å²) in [7, 11) is 0. The first-order chi connectivity index (χ1) is 12.7. The second kappa shape index (κ2) is 7.59. The quantitative estimate of drug-likeness (QED) is 0.627. The minimum absolute atomic E-state index is 0.250. The van der Waals surface area contributed by atoms with Gasteiger partial charge in [-0.05, 0) is 58.6 Å². The normalized spacial score (nSPS) is 21.2. The summed E-state index contributed by atoms with van der Waals surface area (Å²) in [5.41, 5.74) is 0.617. The Morgan fingerprint density at radius 3 is 2.70 bits per heavy atom. The largest absolute Gasteiger partial charge is 0.462 e. The number of amides is 1. The Kier molecular flexibility index (Phi) is 5.58. The van der Waals surface area contributed by atoms with Crippen LogP contribution in [0.4, 0.5) is 5.00 Å². The monoisotopic (exact) mass is 394 g/mol. The second-order valence-electron chi connectivity index (χ2n) is 7.89. The van der Waals surface area contributed by atoms with Crippen molar-refractivity contribution in [3.8, 4) is 0 Å². The lowest BCUT2D eigenvalue weighted by Crippen LogP contribution is -2.38. The highest BCUT2D eigenvalue weighted by atomic mass is 32.1. The maximum absolute atomic E-state index is 12.6. The van der Waals surface area contributed by atoms with Gasteiger partial charge < -0.3 is 14.8 Å². The maximum Gasteiger partial charge on any atom is 0.397 e. The summed E-state index contributed by atoms with van der Waals surface area (Å²) < 4.78 is 10.4. The fourth-order valence-electron chi connectivity index (χ4n) is 3.65. The first kappa shape index (κ1) is 19.8. The van der Waals surface area contributed by atoms with Crippen molar-refractivity contribution in [1.29, 1.82) is 0 Å². The SMILES string of the molecule is CCOC(=O)c1c(NC(=O)C(=O)OC(C)(C)C)sc2c1C1CCCN(C2)C1. The number of ether oxygens (including phenoxy) is 2. The van der Waals surface area contributed by atoms with Crippen LogP contribution in [0.15, 0.2) is 0 Å². The van der Waals surface area contributed by atoms with Crippen LogP contribution in [0.2, 0.25) is 0 Å². The Morgan fingerprint density at radius 1 is 1.30 bits per heavy atom. The van der Waals surface area contributed by atoms with Crippen LogP contribution < -0.4 is 5.32 Å². The molecule has 27 heavy (non-hydrogen) atoms. The Morgan fingerprint density at radius 2 is 2.04 bits per heavy atom. The van der Waals surface area contributed by atoms with E-state index in [0.29, 0.717) is 10.6 Å². The van der Waals surface area contributed by atoms with Gasteiger partial charge in [0.25, 0.3) is 0 Å². The number of piperidine rings is 1. The molecular weight excluding hydrogens is 368 g/mol. The highest BCUT2D eigenvalue weighted by molar-refractivity contribution is 7.17. The molecule has 2 aliphatic heterocycles. The number of anilines is 1. The molecule has 3 rings (SSSR count). The minimum atomic E-state index is -0.967. The summed E-state index contributed by atoms with van der Waals surface area (Å²) in [6.45, 7) is 9.79. The summed E-state index contributed by atoms with van der Waals surface area (Å²) in [5.74, 6) is -2.04. The van der Waals surface area contributed by atoms with Crippen LogP contribution in [0.1, 0.15) is 67.3 Å². The fraction of sp³-hybridized carbons (Fsp3) is 0.632. The Balaban J connectivity index is 1.92. The van der Waals surface area contributed by atoms with Gasteiger partial charge in [-0.2, -0.15) is 0 Å². The average Bonchev–Trinajstić information content (AvgIpc) is 2.91. The number of hydrogen-bond acceptors (Lipinski definition) is 7. The smallest absolute Gasteiger partial charge is 0.397 e. The lowest BCUT2D eigenvalue weighted by molar-refractivity contribution is -0.161. The number of nitrogens with zero attached hydrogens (tertiary/aromatic N) is 1. The van der Waals surface area contributed by atoms with Gasteiger partial charge in [0.05, 0.1) is 12.2 Å². The number of thiophene rings is 1. The molecule has 1 aromatic heterocycles. The van der Waals surface area contributed by atoms with Crippen LogP contribution in [0, 0.1) is 0 Å². The lowest BCUT2D eigenvalue weighted by atomic mass is 9.85. The molecule has 0 aliphatic carbocycles. The van der Waals surface area contributed by atoms with E-state index in [1.165, 1.54) is 11.3 Å². The third kappa shape index (κ3) is 4.32. The Bertz CT molecular complexity index is 765. The zero-order valence-electron chi connectivity index (χ0n) is 16.2. The van der Waals surface area contributed by atoms with Gasteiger partial charge in [-0.3, -0.25) is 9.69 Å². The average molecular weight is 394 g/mol. The van der Waals surface area contributed by atoms with Gasteiger partial charge >= 0.3 is 17.8 Å².